The Hall–Kier alpha value is -0.440. The highest BCUT2D eigenvalue weighted by atomic mass is 35.5. The standard InChI is InChI=1S/C8H14ClNO6/c9-1-4(12)10-5-7(14)6(13)3(2-11)16-8(5)15/h3,5-8,11,13-15H,1-2H2,(H,10,12)/t3-,5-,6+,7-,8?/m1/s1. The van der Waals surface area contributed by atoms with Gasteiger partial charge in [0.25, 0.3) is 0 Å². The second-order valence-corrected chi connectivity index (χ2v) is 3.72. The summed E-state index contributed by atoms with van der Waals surface area (Å²) in [6.45, 7) is -0.550. The van der Waals surface area contributed by atoms with Crippen molar-refractivity contribution < 1.29 is 30.0 Å². The molecule has 1 saturated heterocycles. The first-order valence-electron chi connectivity index (χ1n) is 4.67. The van der Waals surface area contributed by atoms with Crippen molar-refractivity contribution in [1.82, 2.24) is 5.32 Å². The van der Waals surface area contributed by atoms with Crippen LogP contribution in [-0.2, 0) is 9.53 Å². The van der Waals surface area contributed by atoms with Gasteiger partial charge in [-0.25, -0.2) is 0 Å². The van der Waals surface area contributed by atoms with Gasteiger partial charge in [0, 0.05) is 0 Å². The average molecular weight is 256 g/mol. The number of alkyl halides is 1. The molecule has 0 saturated carbocycles. The van der Waals surface area contributed by atoms with Crippen LogP contribution < -0.4 is 5.32 Å². The number of nitrogens with one attached hydrogen (secondary N) is 1. The van der Waals surface area contributed by atoms with Gasteiger partial charge in [0.2, 0.25) is 5.91 Å². The average Bonchev–Trinajstić information content (AvgIpc) is 2.28. The fraction of sp³-hybridized carbons (Fsp3) is 0.875. The largest absolute Gasteiger partial charge is 0.394 e. The third-order valence-electron chi connectivity index (χ3n) is 2.35. The van der Waals surface area contributed by atoms with E-state index in [1.807, 2.05) is 0 Å². The molecule has 1 heterocycles. The van der Waals surface area contributed by atoms with E-state index in [0.717, 1.165) is 0 Å². The van der Waals surface area contributed by atoms with Gasteiger partial charge in [-0.15, -0.1) is 11.6 Å². The summed E-state index contributed by atoms with van der Waals surface area (Å²) in [6.07, 6.45) is -5.43. The van der Waals surface area contributed by atoms with Crippen molar-refractivity contribution >= 4 is 17.5 Å². The smallest absolute Gasteiger partial charge is 0.235 e. The maximum atomic E-state index is 11.0. The highest BCUT2D eigenvalue weighted by Crippen LogP contribution is 2.19. The molecule has 0 radical (unpaired) electrons. The Labute approximate surface area is 96.6 Å². The summed E-state index contributed by atoms with van der Waals surface area (Å²) >= 11 is 5.24. The summed E-state index contributed by atoms with van der Waals surface area (Å²) in [5.74, 6) is -0.946. The van der Waals surface area contributed by atoms with E-state index in [2.05, 4.69) is 5.32 Å². The van der Waals surface area contributed by atoms with Crippen LogP contribution in [0.5, 0.6) is 0 Å². The minimum Gasteiger partial charge on any atom is -0.394 e. The van der Waals surface area contributed by atoms with Crippen LogP contribution in [0.1, 0.15) is 0 Å². The molecule has 7 nitrogen and oxygen atoms in total. The molecule has 16 heavy (non-hydrogen) atoms. The van der Waals surface area contributed by atoms with Crippen molar-refractivity contribution in [2.24, 2.45) is 0 Å². The number of hydrogen-bond acceptors (Lipinski definition) is 6. The van der Waals surface area contributed by atoms with Gasteiger partial charge in [-0.2, -0.15) is 0 Å². The van der Waals surface area contributed by atoms with Crippen LogP contribution in [0.25, 0.3) is 0 Å². The summed E-state index contributed by atoms with van der Waals surface area (Å²) in [7, 11) is 0. The maximum absolute atomic E-state index is 11.0. The van der Waals surface area contributed by atoms with Gasteiger partial charge in [0.1, 0.15) is 30.2 Å². The van der Waals surface area contributed by atoms with E-state index in [1.54, 1.807) is 0 Å². The zero-order chi connectivity index (χ0) is 12.3. The predicted molar refractivity (Wildman–Crippen MR) is 52.6 cm³/mol. The fourth-order valence-electron chi connectivity index (χ4n) is 1.48. The van der Waals surface area contributed by atoms with E-state index in [4.69, 9.17) is 21.4 Å². The highest BCUT2D eigenvalue weighted by molar-refractivity contribution is 6.27. The van der Waals surface area contributed by atoms with Crippen LogP contribution in [0.15, 0.2) is 0 Å². The first-order valence-corrected chi connectivity index (χ1v) is 5.20. The normalized spacial score (nSPS) is 39.4. The number of carbonyl (C=O) groups is 1. The Morgan fingerprint density at radius 1 is 1.31 bits per heavy atom. The minimum atomic E-state index is -1.51. The minimum absolute atomic E-state index is 0.338. The van der Waals surface area contributed by atoms with Gasteiger partial charge >= 0.3 is 0 Å². The van der Waals surface area contributed by atoms with Crippen molar-refractivity contribution in [2.45, 2.75) is 30.6 Å². The number of halogens is 1. The predicted octanol–water partition coefficient (Wildman–Crippen LogP) is -2.86. The van der Waals surface area contributed by atoms with Gasteiger partial charge in [0.05, 0.1) is 6.61 Å². The Morgan fingerprint density at radius 2 is 1.94 bits per heavy atom. The molecule has 5 atom stereocenters. The monoisotopic (exact) mass is 255 g/mol. The molecule has 8 heteroatoms. The number of carbonyl (C=O) groups excluding carboxylic acids is 1. The maximum Gasteiger partial charge on any atom is 0.235 e. The molecule has 0 bridgehead atoms. The molecule has 94 valence electrons. The Bertz CT molecular complexity index is 253. The molecule has 1 fully saturated rings. The molecule has 1 rings (SSSR count). The van der Waals surface area contributed by atoms with Crippen LogP contribution in [0.2, 0.25) is 0 Å². The summed E-state index contributed by atoms with van der Waals surface area (Å²) in [6, 6.07) is -1.18. The first-order chi connectivity index (χ1) is 7.51. The van der Waals surface area contributed by atoms with E-state index in [-0.39, 0.29) is 5.88 Å². The van der Waals surface area contributed by atoms with E-state index >= 15 is 0 Å². The van der Waals surface area contributed by atoms with Crippen LogP contribution in [-0.4, -0.2) is 69.5 Å². The molecule has 5 N–H and O–H groups in total. The molecule has 1 aliphatic rings. The second-order valence-electron chi connectivity index (χ2n) is 3.46. The molecular weight excluding hydrogens is 242 g/mol. The lowest BCUT2D eigenvalue weighted by atomic mass is 9.97. The Kier molecular flexibility index (Phi) is 4.90. The third kappa shape index (κ3) is 2.82. The Morgan fingerprint density at radius 3 is 2.44 bits per heavy atom. The molecule has 0 aromatic rings. The summed E-state index contributed by atoms with van der Waals surface area (Å²) in [5.41, 5.74) is 0. The molecule has 1 aliphatic heterocycles. The third-order valence-corrected chi connectivity index (χ3v) is 2.59. The van der Waals surface area contributed by atoms with Crippen LogP contribution in [0, 0.1) is 0 Å². The molecular formula is C8H14ClNO6. The number of rotatable bonds is 3. The van der Waals surface area contributed by atoms with Crippen LogP contribution in [0.4, 0.5) is 0 Å². The number of hydrogen-bond donors (Lipinski definition) is 5. The first kappa shape index (κ1) is 13.6. The lowest BCUT2D eigenvalue weighted by molar-refractivity contribution is -0.253. The molecule has 1 unspecified atom stereocenters. The lowest BCUT2D eigenvalue weighted by Gasteiger charge is -2.40. The van der Waals surface area contributed by atoms with Crippen LogP contribution >= 0.6 is 11.6 Å². The van der Waals surface area contributed by atoms with Gasteiger partial charge in [-0.3, -0.25) is 4.79 Å². The number of ether oxygens (including phenoxy) is 1. The van der Waals surface area contributed by atoms with Crippen LogP contribution in [0.3, 0.4) is 0 Å². The fourth-order valence-corrected chi connectivity index (χ4v) is 1.55. The van der Waals surface area contributed by atoms with Crippen molar-refractivity contribution in [3.8, 4) is 0 Å². The van der Waals surface area contributed by atoms with Gasteiger partial charge < -0.3 is 30.5 Å². The van der Waals surface area contributed by atoms with E-state index in [0.29, 0.717) is 0 Å². The lowest BCUT2D eigenvalue weighted by Crippen LogP contribution is -2.64. The van der Waals surface area contributed by atoms with Crippen molar-refractivity contribution in [3.05, 3.63) is 0 Å². The van der Waals surface area contributed by atoms with Gasteiger partial charge in [-0.1, -0.05) is 0 Å². The zero-order valence-corrected chi connectivity index (χ0v) is 9.04. The van der Waals surface area contributed by atoms with Gasteiger partial charge in [0.15, 0.2) is 6.29 Å². The van der Waals surface area contributed by atoms with Crippen molar-refractivity contribution in [3.63, 3.8) is 0 Å². The number of amides is 1. The second kappa shape index (κ2) is 5.76. The topological polar surface area (TPSA) is 119 Å². The molecule has 0 aliphatic carbocycles. The molecule has 0 spiro atoms. The van der Waals surface area contributed by atoms with Gasteiger partial charge in [-0.05, 0) is 0 Å². The Balaban J connectivity index is 2.67. The van der Waals surface area contributed by atoms with Crippen molar-refractivity contribution in [2.75, 3.05) is 12.5 Å². The molecule has 1 amide bonds. The quantitative estimate of drug-likeness (QED) is 0.346. The summed E-state index contributed by atoms with van der Waals surface area (Å²) in [4.78, 5) is 11.0. The highest BCUT2D eigenvalue weighted by Gasteiger charge is 2.44. The van der Waals surface area contributed by atoms with E-state index in [9.17, 15) is 20.1 Å². The molecule has 0 aromatic heterocycles. The molecule has 0 aromatic carbocycles. The number of aliphatic hydroxyl groups is 4. The zero-order valence-electron chi connectivity index (χ0n) is 8.28. The van der Waals surface area contributed by atoms with E-state index < -0.39 is 43.2 Å². The summed E-state index contributed by atoms with van der Waals surface area (Å²) in [5, 5.41) is 39.5. The summed E-state index contributed by atoms with van der Waals surface area (Å²) < 4.78 is 4.81. The van der Waals surface area contributed by atoms with E-state index in [1.165, 1.54) is 0 Å². The SMILES string of the molecule is O=C(CCl)N[C@H]1C(O)O[C@H](CO)[C@H](O)[C@@H]1O. The van der Waals surface area contributed by atoms with Crippen molar-refractivity contribution in [1.29, 1.82) is 0 Å². The number of aliphatic hydroxyl groups excluding tert-OH is 4.